The van der Waals surface area contributed by atoms with Gasteiger partial charge in [0.25, 0.3) is 0 Å². The number of ether oxygens (including phenoxy) is 2. The van der Waals surface area contributed by atoms with E-state index in [2.05, 4.69) is 15.6 Å². The number of hydrogen-bond donors (Lipinski definition) is 2. The molecular weight excluding hydrogens is 447 g/mol. The van der Waals surface area contributed by atoms with Gasteiger partial charge >= 0.3 is 0 Å². The molecule has 26 heavy (non-hydrogen) atoms. The summed E-state index contributed by atoms with van der Waals surface area (Å²) in [5.74, 6) is 2.09. The summed E-state index contributed by atoms with van der Waals surface area (Å²) in [7, 11) is 6.90. The van der Waals surface area contributed by atoms with E-state index in [0.717, 1.165) is 36.4 Å². The Balaban J connectivity index is 0.00000625. The van der Waals surface area contributed by atoms with Gasteiger partial charge in [0.2, 0.25) is 5.91 Å². The highest BCUT2D eigenvalue weighted by molar-refractivity contribution is 14.0. The summed E-state index contributed by atoms with van der Waals surface area (Å²) in [4.78, 5) is 17.9. The van der Waals surface area contributed by atoms with Gasteiger partial charge in [0.15, 0.2) is 17.5 Å². The van der Waals surface area contributed by atoms with Crippen LogP contribution in [0.2, 0.25) is 0 Å². The lowest BCUT2D eigenvalue weighted by molar-refractivity contribution is -0.120. The van der Waals surface area contributed by atoms with E-state index in [4.69, 9.17) is 9.47 Å². The van der Waals surface area contributed by atoms with Gasteiger partial charge in [-0.05, 0) is 30.5 Å². The van der Waals surface area contributed by atoms with Crippen LogP contribution in [-0.4, -0.2) is 64.7 Å². The summed E-state index contributed by atoms with van der Waals surface area (Å²) < 4.78 is 10.6. The third-order valence-corrected chi connectivity index (χ3v) is 3.74. The topological polar surface area (TPSA) is 75.2 Å². The molecule has 0 unspecified atom stereocenters. The molecule has 0 heterocycles. The van der Waals surface area contributed by atoms with Crippen LogP contribution in [-0.2, 0) is 11.2 Å². The molecule has 1 rings (SSSR count). The lowest BCUT2D eigenvalue weighted by atomic mass is 10.1. The van der Waals surface area contributed by atoms with Gasteiger partial charge in [0.1, 0.15) is 0 Å². The lowest BCUT2D eigenvalue weighted by Gasteiger charge is -2.22. The molecule has 8 heteroatoms. The molecule has 1 aromatic carbocycles. The van der Waals surface area contributed by atoms with Crippen LogP contribution in [0, 0.1) is 0 Å². The van der Waals surface area contributed by atoms with E-state index >= 15 is 0 Å². The highest BCUT2D eigenvalue weighted by Crippen LogP contribution is 2.27. The Morgan fingerprint density at radius 1 is 1.19 bits per heavy atom. The van der Waals surface area contributed by atoms with Gasteiger partial charge < -0.3 is 25.0 Å². The Hall–Kier alpha value is -1.71. The molecule has 0 spiro atoms. The number of carbonyl (C=O) groups excluding carboxylic acids is 1. The zero-order chi connectivity index (χ0) is 18.7. The van der Waals surface area contributed by atoms with Crippen LogP contribution in [0.5, 0.6) is 11.5 Å². The largest absolute Gasteiger partial charge is 0.493 e. The minimum absolute atomic E-state index is 0. The van der Waals surface area contributed by atoms with E-state index < -0.39 is 0 Å². The van der Waals surface area contributed by atoms with Crippen molar-refractivity contribution in [2.45, 2.75) is 19.8 Å². The first-order valence-electron chi connectivity index (χ1n) is 8.45. The first-order chi connectivity index (χ1) is 12.0. The minimum Gasteiger partial charge on any atom is -0.493 e. The Kier molecular flexibility index (Phi) is 12.6. The van der Waals surface area contributed by atoms with Crippen molar-refractivity contribution in [2.24, 2.45) is 4.99 Å². The maximum Gasteiger partial charge on any atom is 0.239 e. The predicted molar refractivity (Wildman–Crippen MR) is 116 cm³/mol. The molecule has 0 fully saturated rings. The summed E-state index contributed by atoms with van der Waals surface area (Å²) >= 11 is 0. The van der Waals surface area contributed by atoms with Crippen LogP contribution in [0.15, 0.2) is 23.2 Å². The number of methoxy groups -OCH3 is 2. The summed E-state index contributed by atoms with van der Waals surface area (Å²) in [5.41, 5.74) is 1.14. The van der Waals surface area contributed by atoms with E-state index in [0.29, 0.717) is 12.5 Å². The first-order valence-corrected chi connectivity index (χ1v) is 8.45. The van der Waals surface area contributed by atoms with E-state index in [1.165, 1.54) is 0 Å². The molecule has 1 aromatic rings. The van der Waals surface area contributed by atoms with Gasteiger partial charge in [-0.1, -0.05) is 13.0 Å². The molecule has 1 amide bonds. The zero-order valence-electron chi connectivity index (χ0n) is 16.3. The number of benzene rings is 1. The summed E-state index contributed by atoms with van der Waals surface area (Å²) in [6.45, 7) is 3.68. The SMILES string of the molecule is CCCNC(=O)CNC(=NC)N(C)CCc1ccc(OC)c(OC)c1.I. The number of nitrogens with zero attached hydrogens (tertiary/aromatic N) is 2. The number of nitrogens with one attached hydrogen (secondary N) is 2. The quantitative estimate of drug-likeness (QED) is 0.322. The molecule has 148 valence electrons. The number of carbonyl (C=O) groups is 1. The fraction of sp³-hybridized carbons (Fsp3) is 0.556. The Labute approximate surface area is 173 Å². The van der Waals surface area contributed by atoms with Crippen molar-refractivity contribution in [3.8, 4) is 11.5 Å². The number of amides is 1. The number of hydrogen-bond acceptors (Lipinski definition) is 4. The monoisotopic (exact) mass is 478 g/mol. The van der Waals surface area contributed by atoms with Gasteiger partial charge in [0.05, 0.1) is 20.8 Å². The molecule has 0 bridgehead atoms. The maximum atomic E-state index is 11.7. The van der Waals surface area contributed by atoms with Gasteiger partial charge in [-0.3, -0.25) is 9.79 Å². The van der Waals surface area contributed by atoms with Gasteiger partial charge in [-0.15, -0.1) is 24.0 Å². The van der Waals surface area contributed by atoms with Crippen LogP contribution in [0.1, 0.15) is 18.9 Å². The van der Waals surface area contributed by atoms with Crippen molar-refractivity contribution < 1.29 is 14.3 Å². The molecule has 0 atom stereocenters. The summed E-state index contributed by atoms with van der Waals surface area (Å²) in [6, 6.07) is 5.89. The van der Waals surface area contributed by atoms with E-state index in [9.17, 15) is 4.79 Å². The Morgan fingerprint density at radius 3 is 2.46 bits per heavy atom. The molecule has 0 aliphatic carbocycles. The molecule has 2 N–H and O–H groups in total. The van der Waals surface area contributed by atoms with Crippen LogP contribution in [0.4, 0.5) is 0 Å². The third kappa shape index (κ3) is 8.11. The van der Waals surface area contributed by atoms with Crippen molar-refractivity contribution >= 4 is 35.8 Å². The Bertz CT molecular complexity index is 582. The number of likely N-dealkylation sites (N-methyl/N-ethyl adjacent to an activating group) is 1. The van der Waals surface area contributed by atoms with Crippen molar-refractivity contribution in [2.75, 3.05) is 47.9 Å². The molecule has 0 radical (unpaired) electrons. The van der Waals surface area contributed by atoms with Crippen molar-refractivity contribution in [1.82, 2.24) is 15.5 Å². The minimum atomic E-state index is -0.0312. The first kappa shape index (κ1) is 24.3. The third-order valence-electron chi connectivity index (χ3n) is 3.74. The summed E-state index contributed by atoms with van der Waals surface area (Å²) in [6.07, 6.45) is 1.74. The van der Waals surface area contributed by atoms with E-state index in [1.54, 1.807) is 21.3 Å². The molecule has 0 aliphatic rings. The van der Waals surface area contributed by atoms with E-state index in [-0.39, 0.29) is 36.4 Å². The van der Waals surface area contributed by atoms with Crippen molar-refractivity contribution in [3.63, 3.8) is 0 Å². The second kappa shape index (κ2) is 13.5. The van der Waals surface area contributed by atoms with Crippen molar-refractivity contribution in [1.29, 1.82) is 0 Å². The fourth-order valence-corrected chi connectivity index (χ4v) is 2.31. The number of aliphatic imine (C=N–C) groups is 1. The smallest absolute Gasteiger partial charge is 0.239 e. The molecule has 0 saturated heterocycles. The van der Waals surface area contributed by atoms with Crippen molar-refractivity contribution in [3.05, 3.63) is 23.8 Å². The number of halogens is 1. The van der Waals surface area contributed by atoms with Crippen LogP contribution in [0.3, 0.4) is 0 Å². The second-order valence-electron chi connectivity index (χ2n) is 5.61. The second-order valence-corrected chi connectivity index (χ2v) is 5.61. The summed E-state index contributed by atoms with van der Waals surface area (Å²) in [5, 5.41) is 5.91. The number of guanidine groups is 1. The van der Waals surface area contributed by atoms with Gasteiger partial charge in [0, 0.05) is 27.2 Å². The highest BCUT2D eigenvalue weighted by Gasteiger charge is 2.09. The standard InChI is InChI=1S/C18H30N4O3.HI/c1-6-10-20-17(23)13-21-18(19-2)22(3)11-9-14-7-8-15(24-4)16(12-14)25-5;/h7-8,12H,6,9-11,13H2,1-5H3,(H,19,21)(H,20,23);1H. The van der Waals surface area contributed by atoms with Crippen LogP contribution in [0.25, 0.3) is 0 Å². The Morgan fingerprint density at radius 2 is 1.88 bits per heavy atom. The average Bonchev–Trinajstić information content (AvgIpc) is 2.64. The molecule has 0 aliphatic heterocycles. The maximum absolute atomic E-state index is 11.7. The molecular formula is C18H31IN4O3. The predicted octanol–water partition coefficient (Wildman–Crippen LogP) is 1.90. The van der Waals surface area contributed by atoms with Gasteiger partial charge in [-0.2, -0.15) is 0 Å². The van der Waals surface area contributed by atoms with Gasteiger partial charge in [-0.25, -0.2) is 0 Å². The zero-order valence-corrected chi connectivity index (χ0v) is 18.6. The molecule has 7 nitrogen and oxygen atoms in total. The highest BCUT2D eigenvalue weighted by atomic mass is 127. The fourth-order valence-electron chi connectivity index (χ4n) is 2.31. The van der Waals surface area contributed by atoms with Crippen LogP contribution < -0.4 is 20.1 Å². The molecule has 0 saturated carbocycles. The van der Waals surface area contributed by atoms with Crippen LogP contribution >= 0.6 is 24.0 Å². The normalized spacial score (nSPS) is 10.6. The lowest BCUT2D eigenvalue weighted by Crippen LogP contribution is -2.44. The van der Waals surface area contributed by atoms with E-state index in [1.807, 2.05) is 37.1 Å². The average molecular weight is 478 g/mol. The number of rotatable bonds is 9. The molecule has 0 aromatic heterocycles.